The van der Waals surface area contributed by atoms with Crippen LogP contribution in [0.1, 0.15) is 0 Å². The average molecular weight is 817 g/mol. The number of para-hydroxylation sites is 6. The molecular weight excluding hydrogens is 781 g/mol. The molecule has 64 heavy (non-hydrogen) atoms. The monoisotopic (exact) mass is 816 g/mol. The van der Waals surface area contributed by atoms with Crippen molar-refractivity contribution in [3.8, 4) is 44.8 Å². The van der Waals surface area contributed by atoms with Crippen molar-refractivity contribution in [2.45, 2.75) is 0 Å². The van der Waals surface area contributed by atoms with Crippen molar-refractivity contribution in [3.05, 3.63) is 218 Å². The molecule has 0 bridgehead atoms. The van der Waals surface area contributed by atoms with Crippen LogP contribution < -0.4 is 0 Å². The van der Waals surface area contributed by atoms with Crippen LogP contribution in [0, 0.1) is 0 Å². The van der Waals surface area contributed by atoms with Crippen LogP contribution in [0.25, 0.3) is 132 Å². The molecule has 14 aromatic rings. The first-order chi connectivity index (χ1) is 31.7. The second kappa shape index (κ2) is 13.4. The van der Waals surface area contributed by atoms with Gasteiger partial charge in [0.1, 0.15) is 22.3 Å². The number of furan rings is 2. The minimum atomic E-state index is 0.878. The Labute approximate surface area is 367 Å². The molecule has 0 radical (unpaired) electrons. The van der Waals surface area contributed by atoms with Crippen molar-refractivity contribution in [2.24, 2.45) is 0 Å². The van der Waals surface area contributed by atoms with Gasteiger partial charge < -0.3 is 18.0 Å². The lowest BCUT2D eigenvalue weighted by Gasteiger charge is -2.14. The van der Waals surface area contributed by atoms with Gasteiger partial charge in [-0.2, -0.15) is 0 Å². The van der Waals surface area contributed by atoms with Gasteiger partial charge in [-0.25, -0.2) is 0 Å². The first-order valence-electron chi connectivity index (χ1n) is 21.8. The molecule has 0 aliphatic carbocycles. The van der Waals surface area contributed by atoms with E-state index in [1.807, 2.05) is 6.07 Å². The van der Waals surface area contributed by atoms with Crippen LogP contribution in [0.4, 0.5) is 0 Å². The predicted molar refractivity (Wildman–Crippen MR) is 266 cm³/mol. The molecule has 0 spiro atoms. The summed E-state index contributed by atoms with van der Waals surface area (Å²) < 4.78 is 17.8. The van der Waals surface area contributed by atoms with E-state index in [-0.39, 0.29) is 0 Å². The maximum atomic E-state index is 6.62. The molecule has 4 nitrogen and oxygen atoms in total. The SMILES string of the molecule is c1ccc2c(c1)oc1c(-c3cc(-c4ccc(-c5ccc6oc7ccc(-n8c9ccccc9c9ccccc98)cc7c6c5)cc4)cc(-n4c5ccccc5c5ccccc54)c3)cccc12. The topological polar surface area (TPSA) is 36.1 Å². The summed E-state index contributed by atoms with van der Waals surface area (Å²) in [5.74, 6) is 0. The lowest BCUT2D eigenvalue weighted by atomic mass is 9.95. The molecule has 0 aliphatic heterocycles. The summed E-state index contributed by atoms with van der Waals surface area (Å²) in [6, 6.07) is 78.6. The van der Waals surface area contributed by atoms with Crippen molar-refractivity contribution in [1.29, 1.82) is 0 Å². The van der Waals surface area contributed by atoms with E-state index in [1.165, 1.54) is 43.6 Å². The molecule has 0 saturated heterocycles. The fourth-order valence-corrected chi connectivity index (χ4v) is 10.4. The molecule has 0 N–H and O–H groups in total. The van der Waals surface area contributed by atoms with Crippen LogP contribution >= 0.6 is 0 Å². The van der Waals surface area contributed by atoms with E-state index in [9.17, 15) is 0 Å². The van der Waals surface area contributed by atoms with Gasteiger partial charge in [0.05, 0.1) is 22.1 Å². The third kappa shape index (κ3) is 5.17. The van der Waals surface area contributed by atoms with Crippen LogP contribution in [-0.4, -0.2) is 9.13 Å². The molecule has 0 saturated carbocycles. The van der Waals surface area contributed by atoms with E-state index in [4.69, 9.17) is 8.83 Å². The van der Waals surface area contributed by atoms with Gasteiger partial charge >= 0.3 is 0 Å². The maximum Gasteiger partial charge on any atom is 0.143 e. The molecule has 0 amide bonds. The highest BCUT2D eigenvalue weighted by Gasteiger charge is 2.19. The van der Waals surface area contributed by atoms with E-state index in [0.29, 0.717) is 0 Å². The lowest BCUT2D eigenvalue weighted by Crippen LogP contribution is -1.96. The van der Waals surface area contributed by atoms with Gasteiger partial charge in [-0.05, 0) is 107 Å². The summed E-state index contributed by atoms with van der Waals surface area (Å²) in [5, 5.41) is 9.41. The number of hydrogen-bond acceptors (Lipinski definition) is 2. The molecule has 4 aromatic heterocycles. The average Bonchev–Trinajstić information content (AvgIpc) is 4.11. The maximum absolute atomic E-state index is 6.62. The van der Waals surface area contributed by atoms with Crippen molar-refractivity contribution in [1.82, 2.24) is 9.13 Å². The smallest absolute Gasteiger partial charge is 0.143 e. The summed E-state index contributed by atoms with van der Waals surface area (Å²) in [6.07, 6.45) is 0. The van der Waals surface area contributed by atoms with Gasteiger partial charge in [-0.3, -0.25) is 0 Å². The fourth-order valence-electron chi connectivity index (χ4n) is 10.4. The molecule has 10 aromatic carbocycles. The van der Waals surface area contributed by atoms with Crippen LogP contribution in [0.5, 0.6) is 0 Å². The standard InChI is InChI=1S/C60H36N2O2/c1-6-19-53-45(12-1)46-13-2-7-20-54(46)61(53)42-29-31-59-52(36-42)51-35-39(28-30-58(51)63-59)37-24-26-38(27-25-37)40-32-41(44-17-11-18-50-49-16-5-10-23-57(49)64-60(44)50)34-43(33-40)62-55-21-8-3-14-47(55)48-15-4-9-22-56(48)62/h1-36H. The first-order valence-corrected chi connectivity index (χ1v) is 21.8. The van der Waals surface area contributed by atoms with E-state index in [0.717, 1.165) is 88.6 Å². The van der Waals surface area contributed by atoms with E-state index >= 15 is 0 Å². The van der Waals surface area contributed by atoms with E-state index < -0.39 is 0 Å². The Hall–Kier alpha value is -8.60. The second-order valence-corrected chi connectivity index (χ2v) is 16.9. The van der Waals surface area contributed by atoms with Gasteiger partial charge in [0.15, 0.2) is 0 Å². The van der Waals surface area contributed by atoms with E-state index in [1.54, 1.807) is 0 Å². The molecule has 298 valence electrons. The van der Waals surface area contributed by atoms with Gasteiger partial charge in [0.25, 0.3) is 0 Å². The number of nitrogens with zero attached hydrogens (tertiary/aromatic N) is 2. The number of fused-ring (bicyclic) bond motifs is 12. The highest BCUT2D eigenvalue weighted by Crippen LogP contribution is 2.42. The minimum absolute atomic E-state index is 0.878. The summed E-state index contributed by atoms with van der Waals surface area (Å²) >= 11 is 0. The third-order valence-corrected chi connectivity index (χ3v) is 13.3. The zero-order chi connectivity index (χ0) is 41.9. The molecule has 0 fully saturated rings. The third-order valence-electron chi connectivity index (χ3n) is 13.3. The zero-order valence-corrected chi connectivity index (χ0v) is 34.5. The number of benzene rings is 10. The number of aromatic nitrogens is 2. The Kier molecular flexibility index (Phi) is 7.36. The molecular formula is C60H36N2O2. The Balaban J connectivity index is 0.906. The quantitative estimate of drug-likeness (QED) is 0.173. The van der Waals surface area contributed by atoms with Gasteiger partial charge in [-0.15, -0.1) is 0 Å². The van der Waals surface area contributed by atoms with Gasteiger partial charge in [-0.1, -0.05) is 140 Å². The number of rotatable bonds is 5. The van der Waals surface area contributed by atoms with Gasteiger partial charge in [0, 0.05) is 60.0 Å². The van der Waals surface area contributed by atoms with Crippen molar-refractivity contribution < 1.29 is 8.83 Å². The van der Waals surface area contributed by atoms with Crippen molar-refractivity contribution in [2.75, 3.05) is 0 Å². The first kappa shape index (κ1) is 35.0. The Morgan fingerprint density at radius 1 is 0.250 bits per heavy atom. The Morgan fingerprint density at radius 2 is 0.719 bits per heavy atom. The van der Waals surface area contributed by atoms with E-state index in [2.05, 4.69) is 221 Å². The molecule has 0 atom stereocenters. The Bertz CT molecular complexity index is 4090. The normalized spacial score (nSPS) is 12.1. The van der Waals surface area contributed by atoms with Crippen LogP contribution in [-0.2, 0) is 0 Å². The van der Waals surface area contributed by atoms with Crippen LogP contribution in [0.3, 0.4) is 0 Å². The highest BCUT2D eigenvalue weighted by molar-refractivity contribution is 6.13. The summed E-state index contributed by atoms with van der Waals surface area (Å²) in [5.41, 5.74) is 17.2. The van der Waals surface area contributed by atoms with Crippen LogP contribution in [0.15, 0.2) is 227 Å². The molecule has 14 rings (SSSR count). The lowest BCUT2D eigenvalue weighted by molar-refractivity contribution is 0.669. The minimum Gasteiger partial charge on any atom is -0.456 e. The summed E-state index contributed by atoms with van der Waals surface area (Å²) in [7, 11) is 0. The van der Waals surface area contributed by atoms with Crippen molar-refractivity contribution >= 4 is 87.5 Å². The molecule has 0 unspecified atom stereocenters. The zero-order valence-electron chi connectivity index (χ0n) is 34.5. The van der Waals surface area contributed by atoms with Gasteiger partial charge in [0.2, 0.25) is 0 Å². The highest BCUT2D eigenvalue weighted by atomic mass is 16.3. The predicted octanol–water partition coefficient (Wildman–Crippen LogP) is 16.7. The molecule has 0 aliphatic rings. The van der Waals surface area contributed by atoms with Crippen LogP contribution in [0.2, 0.25) is 0 Å². The Morgan fingerprint density at radius 3 is 1.36 bits per heavy atom. The summed E-state index contributed by atoms with van der Waals surface area (Å²) in [4.78, 5) is 0. The molecule has 4 heterocycles. The largest absolute Gasteiger partial charge is 0.456 e. The molecule has 4 heteroatoms. The fraction of sp³-hybridized carbons (Fsp3) is 0. The second-order valence-electron chi connectivity index (χ2n) is 16.9. The number of hydrogen-bond donors (Lipinski definition) is 0. The van der Waals surface area contributed by atoms with Crippen molar-refractivity contribution in [3.63, 3.8) is 0 Å². The summed E-state index contributed by atoms with van der Waals surface area (Å²) in [6.45, 7) is 0.